The SMILES string of the molecule is CC(C)OC(=O)c1ccc(NC2CCC(C)(C)C2)cc1. The van der Waals surface area contributed by atoms with Crippen molar-refractivity contribution in [3.63, 3.8) is 0 Å². The zero-order valence-electron chi connectivity index (χ0n) is 12.9. The number of carbonyl (C=O) groups is 1. The number of esters is 1. The fourth-order valence-electron chi connectivity index (χ4n) is 2.78. The molecule has 1 unspecified atom stereocenters. The van der Waals surface area contributed by atoms with Crippen molar-refractivity contribution < 1.29 is 9.53 Å². The maximum Gasteiger partial charge on any atom is 0.338 e. The third-order valence-electron chi connectivity index (χ3n) is 3.80. The van der Waals surface area contributed by atoms with Crippen molar-refractivity contribution in [2.75, 3.05) is 5.32 Å². The highest BCUT2D eigenvalue weighted by atomic mass is 16.5. The summed E-state index contributed by atoms with van der Waals surface area (Å²) in [5.74, 6) is -0.256. The molecule has 0 bridgehead atoms. The Morgan fingerprint density at radius 1 is 1.30 bits per heavy atom. The van der Waals surface area contributed by atoms with Gasteiger partial charge in [0.25, 0.3) is 0 Å². The highest BCUT2D eigenvalue weighted by Crippen LogP contribution is 2.38. The van der Waals surface area contributed by atoms with Crippen LogP contribution >= 0.6 is 0 Å². The lowest BCUT2D eigenvalue weighted by Crippen LogP contribution is -2.17. The fraction of sp³-hybridized carbons (Fsp3) is 0.588. The van der Waals surface area contributed by atoms with Gasteiger partial charge in [0.15, 0.2) is 0 Å². The number of hydrogen-bond acceptors (Lipinski definition) is 3. The van der Waals surface area contributed by atoms with Crippen LogP contribution in [0.4, 0.5) is 5.69 Å². The van der Waals surface area contributed by atoms with Gasteiger partial charge in [-0.3, -0.25) is 0 Å². The standard InChI is InChI=1S/C17H25NO2/c1-12(2)20-16(19)13-5-7-14(8-6-13)18-15-9-10-17(3,4)11-15/h5-8,12,15,18H,9-11H2,1-4H3. The summed E-state index contributed by atoms with van der Waals surface area (Å²) >= 11 is 0. The van der Waals surface area contributed by atoms with Crippen molar-refractivity contribution >= 4 is 11.7 Å². The zero-order valence-corrected chi connectivity index (χ0v) is 12.9. The molecule has 1 fully saturated rings. The van der Waals surface area contributed by atoms with Gasteiger partial charge in [-0.05, 0) is 62.8 Å². The van der Waals surface area contributed by atoms with Crippen LogP contribution in [0.1, 0.15) is 57.3 Å². The van der Waals surface area contributed by atoms with E-state index in [9.17, 15) is 4.79 Å². The van der Waals surface area contributed by atoms with Crippen LogP contribution in [0.25, 0.3) is 0 Å². The molecule has 0 aromatic heterocycles. The lowest BCUT2D eigenvalue weighted by molar-refractivity contribution is 0.0378. The van der Waals surface area contributed by atoms with Gasteiger partial charge in [-0.15, -0.1) is 0 Å². The van der Waals surface area contributed by atoms with E-state index in [1.807, 2.05) is 38.1 Å². The Labute approximate surface area is 121 Å². The average Bonchev–Trinajstić information content (AvgIpc) is 2.68. The molecule has 1 aliphatic carbocycles. The van der Waals surface area contributed by atoms with Gasteiger partial charge in [0.1, 0.15) is 0 Å². The summed E-state index contributed by atoms with van der Waals surface area (Å²) < 4.78 is 5.18. The van der Waals surface area contributed by atoms with E-state index >= 15 is 0 Å². The molecule has 3 nitrogen and oxygen atoms in total. The van der Waals surface area contributed by atoms with Gasteiger partial charge in [-0.1, -0.05) is 13.8 Å². The molecule has 1 aliphatic rings. The second-order valence-corrected chi connectivity index (χ2v) is 6.78. The third-order valence-corrected chi connectivity index (χ3v) is 3.80. The minimum Gasteiger partial charge on any atom is -0.459 e. The molecule has 0 heterocycles. The number of carbonyl (C=O) groups excluding carboxylic acids is 1. The van der Waals surface area contributed by atoms with Gasteiger partial charge in [0.05, 0.1) is 11.7 Å². The normalized spacial score (nSPS) is 20.9. The summed E-state index contributed by atoms with van der Waals surface area (Å²) in [7, 11) is 0. The van der Waals surface area contributed by atoms with Crippen LogP contribution in [0.2, 0.25) is 0 Å². The largest absolute Gasteiger partial charge is 0.459 e. The van der Waals surface area contributed by atoms with E-state index in [-0.39, 0.29) is 12.1 Å². The summed E-state index contributed by atoms with van der Waals surface area (Å²) in [6.45, 7) is 8.35. The van der Waals surface area contributed by atoms with Gasteiger partial charge in [-0.25, -0.2) is 4.79 Å². The maximum absolute atomic E-state index is 11.8. The molecule has 1 aromatic rings. The van der Waals surface area contributed by atoms with Crippen LogP contribution in [0.5, 0.6) is 0 Å². The molecule has 20 heavy (non-hydrogen) atoms. The molecule has 1 atom stereocenters. The van der Waals surface area contributed by atoms with E-state index in [4.69, 9.17) is 4.74 Å². The topological polar surface area (TPSA) is 38.3 Å². The minimum absolute atomic E-state index is 0.0824. The van der Waals surface area contributed by atoms with Crippen LogP contribution in [0.3, 0.4) is 0 Å². The van der Waals surface area contributed by atoms with E-state index in [2.05, 4.69) is 19.2 Å². The molecule has 1 N–H and O–H groups in total. The number of rotatable bonds is 4. The number of nitrogens with one attached hydrogen (secondary N) is 1. The molecule has 110 valence electrons. The Hall–Kier alpha value is -1.51. The van der Waals surface area contributed by atoms with E-state index in [1.54, 1.807) is 0 Å². The summed E-state index contributed by atoms with van der Waals surface area (Å²) in [5.41, 5.74) is 2.13. The van der Waals surface area contributed by atoms with Crippen molar-refractivity contribution in [3.8, 4) is 0 Å². The van der Waals surface area contributed by atoms with Gasteiger partial charge < -0.3 is 10.1 Å². The Morgan fingerprint density at radius 2 is 1.95 bits per heavy atom. The number of hydrogen-bond donors (Lipinski definition) is 1. The smallest absolute Gasteiger partial charge is 0.338 e. The van der Waals surface area contributed by atoms with Gasteiger partial charge in [0, 0.05) is 11.7 Å². The third kappa shape index (κ3) is 3.99. The maximum atomic E-state index is 11.8. The quantitative estimate of drug-likeness (QED) is 0.835. The Balaban J connectivity index is 1.93. The molecule has 0 amide bonds. The summed E-state index contributed by atoms with van der Waals surface area (Å²) in [5, 5.41) is 3.55. The first-order valence-corrected chi connectivity index (χ1v) is 7.43. The lowest BCUT2D eigenvalue weighted by Gasteiger charge is -2.18. The van der Waals surface area contributed by atoms with Crippen LogP contribution in [0.15, 0.2) is 24.3 Å². The second-order valence-electron chi connectivity index (χ2n) is 6.78. The van der Waals surface area contributed by atoms with Crippen molar-refractivity contribution in [1.82, 2.24) is 0 Å². The molecular weight excluding hydrogens is 250 g/mol. The predicted molar refractivity (Wildman–Crippen MR) is 82.0 cm³/mol. The monoisotopic (exact) mass is 275 g/mol. The first kappa shape index (κ1) is 14.9. The Kier molecular flexibility index (Phi) is 4.36. The summed E-state index contributed by atoms with van der Waals surface area (Å²) in [4.78, 5) is 11.8. The number of anilines is 1. The van der Waals surface area contributed by atoms with E-state index in [0.29, 0.717) is 17.0 Å². The molecule has 0 saturated heterocycles. The van der Waals surface area contributed by atoms with Crippen LogP contribution < -0.4 is 5.32 Å². The van der Waals surface area contributed by atoms with Crippen molar-refractivity contribution in [3.05, 3.63) is 29.8 Å². The molecule has 0 radical (unpaired) electrons. The van der Waals surface area contributed by atoms with Crippen molar-refractivity contribution in [2.24, 2.45) is 5.41 Å². The van der Waals surface area contributed by atoms with Crippen LogP contribution in [0, 0.1) is 5.41 Å². The van der Waals surface area contributed by atoms with Crippen molar-refractivity contribution in [2.45, 2.75) is 59.1 Å². The van der Waals surface area contributed by atoms with Gasteiger partial charge in [-0.2, -0.15) is 0 Å². The molecular formula is C17H25NO2. The Morgan fingerprint density at radius 3 is 2.45 bits per heavy atom. The number of ether oxygens (including phenoxy) is 1. The van der Waals surface area contributed by atoms with Gasteiger partial charge in [0.2, 0.25) is 0 Å². The molecule has 2 rings (SSSR count). The molecule has 0 aliphatic heterocycles. The predicted octanol–water partition coefficient (Wildman–Crippen LogP) is 4.24. The van der Waals surface area contributed by atoms with Gasteiger partial charge >= 0.3 is 5.97 Å². The summed E-state index contributed by atoms with van der Waals surface area (Å²) in [6, 6.07) is 8.11. The first-order valence-electron chi connectivity index (χ1n) is 7.43. The van der Waals surface area contributed by atoms with Crippen molar-refractivity contribution in [1.29, 1.82) is 0 Å². The second kappa shape index (κ2) is 5.86. The molecule has 1 aromatic carbocycles. The lowest BCUT2D eigenvalue weighted by atomic mass is 9.92. The highest BCUT2D eigenvalue weighted by molar-refractivity contribution is 5.89. The fourth-order valence-corrected chi connectivity index (χ4v) is 2.78. The Bertz CT molecular complexity index is 462. The van der Waals surface area contributed by atoms with Crippen LogP contribution in [-0.2, 0) is 4.74 Å². The minimum atomic E-state index is -0.256. The van der Waals surface area contributed by atoms with E-state index < -0.39 is 0 Å². The van der Waals surface area contributed by atoms with E-state index in [0.717, 1.165) is 5.69 Å². The molecule has 3 heteroatoms. The van der Waals surface area contributed by atoms with Crippen LogP contribution in [-0.4, -0.2) is 18.1 Å². The number of benzene rings is 1. The zero-order chi connectivity index (χ0) is 14.8. The molecule has 1 saturated carbocycles. The summed E-state index contributed by atoms with van der Waals surface area (Å²) in [6.07, 6.45) is 3.60. The highest BCUT2D eigenvalue weighted by Gasteiger charge is 2.30. The molecule has 0 spiro atoms. The first-order chi connectivity index (χ1) is 9.35. The van der Waals surface area contributed by atoms with E-state index in [1.165, 1.54) is 19.3 Å². The average molecular weight is 275 g/mol.